The van der Waals surface area contributed by atoms with E-state index in [1.165, 1.54) is 5.56 Å². The molecule has 0 atom stereocenters. The summed E-state index contributed by atoms with van der Waals surface area (Å²) in [6.07, 6.45) is 0. The first kappa shape index (κ1) is 30.6. The quantitative estimate of drug-likeness (QED) is 0.186. The van der Waals surface area contributed by atoms with Gasteiger partial charge in [0, 0.05) is 11.1 Å². The zero-order valence-corrected chi connectivity index (χ0v) is 25.9. The Kier molecular flexibility index (Phi) is 10.5. The van der Waals surface area contributed by atoms with Gasteiger partial charge in [0.2, 0.25) is 0 Å². The van der Waals surface area contributed by atoms with Gasteiger partial charge >= 0.3 is 0 Å². The molecule has 44 heavy (non-hydrogen) atoms. The highest BCUT2D eigenvalue weighted by atomic mass is 35.5. The van der Waals surface area contributed by atoms with Crippen LogP contribution in [0.2, 0.25) is 0 Å². The molecule has 0 radical (unpaired) electrons. The van der Waals surface area contributed by atoms with Crippen LogP contribution in [-0.2, 0) is 0 Å². The van der Waals surface area contributed by atoms with E-state index in [1.807, 2.05) is 121 Å². The fourth-order valence-corrected chi connectivity index (χ4v) is 5.54. The molecule has 0 aliphatic rings. The van der Waals surface area contributed by atoms with Crippen LogP contribution in [0.3, 0.4) is 0 Å². The maximum atomic E-state index is 9.52. The predicted molar refractivity (Wildman–Crippen MR) is 189 cm³/mol. The summed E-state index contributed by atoms with van der Waals surface area (Å²) in [7, 11) is 0. The van der Waals surface area contributed by atoms with E-state index >= 15 is 0 Å². The lowest BCUT2D eigenvalue weighted by atomic mass is 9.95. The summed E-state index contributed by atoms with van der Waals surface area (Å²) in [4.78, 5) is 0. The van der Waals surface area contributed by atoms with Gasteiger partial charge in [-0.2, -0.15) is 0 Å². The zero-order valence-electron chi connectivity index (χ0n) is 24.4. The Hall–Kier alpha value is -4.82. The first-order chi connectivity index (χ1) is 21.5. The van der Waals surface area contributed by atoms with E-state index in [2.05, 4.69) is 43.3 Å². The number of benzene rings is 6. The Bertz CT molecular complexity index is 1690. The number of phenolic OH excluding ortho intramolecular Hbond substituents is 1. The third-order valence-corrected chi connectivity index (χ3v) is 7.93. The van der Waals surface area contributed by atoms with E-state index in [0.29, 0.717) is 5.03 Å². The van der Waals surface area contributed by atoms with Gasteiger partial charge in [-0.3, -0.25) is 0 Å². The molecule has 0 aliphatic heterocycles. The highest BCUT2D eigenvalue weighted by Crippen LogP contribution is 2.36. The average Bonchev–Trinajstić information content (AvgIpc) is 3.09. The minimum Gasteiger partial charge on any atom is -0.508 e. The van der Waals surface area contributed by atoms with Crippen LogP contribution in [0.5, 0.6) is 5.75 Å². The monoisotopic (exact) mass is 610 g/mol. The molecule has 0 heterocycles. The van der Waals surface area contributed by atoms with Crippen molar-refractivity contribution in [2.75, 3.05) is 0 Å². The second kappa shape index (κ2) is 15.1. The zero-order chi connectivity index (χ0) is 30.7. The second-order valence-electron chi connectivity index (χ2n) is 10.3. The third-order valence-electron chi connectivity index (χ3n) is 7.11. The molecule has 0 amide bonds. The Balaban J connectivity index is 0.000000175. The number of hydrogen-bond acceptors (Lipinski definition) is 1. The molecule has 0 aromatic heterocycles. The first-order valence-electron chi connectivity index (χ1n) is 14.4. The molecular formula is C41H32Cl2O. The van der Waals surface area contributed by atoms with Gasteiger partial charge in [-0.15, -0.1) is 0 Å². The summed E-state index contributed by atoms with van der Waals surface area (Å²) in [5.74, 6) is 0.243. The van der Waals surface area contributed by atoms with E-state index in [0.717, 1.165) is 49.6 Å². The molecule has 216 valence electrons. The summed E-state index contributed by atoms with van der Waals surface area (Å²) in [6, 6.07) is 55.9. The molecule has 1 N–H and O–H groups in total. The molecule has 0 saturated carbocycles. The number of aryl methyl sites for hydroxylation is 1. The molecule has 1 nitrogen and oxygen atoms in total. The Morgan fingerprint density at radius 1 is 0.364 bits per heavy atom. The molecule has 0 unspecified atom stereocenters. The molecule has 6 rings (SSSR count). The Morgan fingerprint density at radius 3 is 0.977 bits per heavy atom. The van der Waals surface area contributed by atoms with Crippen LogP contribution in [0.15, 0.2) is 170 Å². The average molecular weight is 612 g/mol. The number of aromatic hydroxyl groups is 1. The van der Waals surface area contributed by atoms with Crippen molar-refractivity contribution in [1.82, 2.24) is 0 Å². The number of rotatable bonds is 6. The topological polar surface area (TPSA) is 20.2 Å². The molecule has 0 bridgehead atoms. The van der Waals surface area contributed by atoms with E-state index in [1.54, 1.807) is 12.1 Å². The number of phenols is 1. The SMILES string of the molecule is Cc1ccc(/C(=C(\Cl)c2ccccc2)c2ccccc2)cc1.Oc1ccc(/C(=C(\Cl)c2ccccc2)c2ccccc2)cc1. The lowest BCUT2D eigenvalue weighted by Crippen LogP contribution is -1.91. The summed E-state index contributed by atoms with van der Waals surface area (Å²) in [5, 5.41) is 11.0. The van der Waals surface area contributed by atoms with Gasteiger partial charge in [-0.1, -0.05) is 186 Å². The fraction of sp³-hybridized carbons (Fsp3) is 0.0244. The minimum absolute atomic E-state index is 0.243. The minimum atomic E-state index is 0.243. The molecule has 3 heteroatoms. The van der Waals surface area contributed by atoms with Crippen molar-refractivity contribution in [3.05, 3.63) is 209 Å². The van der Waals surface area contributed by atoms with Crippen LogP contribution in [-0.4, -0.2) is 5.11 Å². The summed E-state index contributed by atoms with van der Waals surface area (Å²) in [6.45, 7) is 2.09. The van der Waals surface area contributed by atoms with E-state index in [4.69, 9.17) is 23.2 Å². The summed E-state index contributed by atoms with van der Waals surface area (Å²) in [5.41, 5.74) is 9.53. The van der Waals surface area contributed by atoms with Crippen LogP contribution in [0.25, 0.3) is 21.2 Å². The first-order valence-corrected chi connectivity index (χ1v) is 15.1. The van der Waals surface area contributed by atoms with Crippen LogP contribution < -0.4 is 0 Å². The van der Waals surface area contributed by atoms with Gasteiger partial charge in [0.15, 0.2) is 0 Å². The lowest BCUT2D eigenvalue weighted by molar-refractivity contribution is 0.475. The molecular weight excluding hydrogens is 579 g/mol. The van der Waals surface area contributed by atoms with Crippen LogP contribution in [0.1, 0.15) is 38.9 Å². The smallest absolute Gasteiger partial charge is 0.115 e. The Labute approximate surface area is 270 Å². The van der Waals surface area contributed by atoms with E-state index in [-0.39, 0.29) is 5.75 Å². The normalized spacial score (nSPS) is 11.9. The van der Waals surface area contributed by atoms with E-state index < -0.39 is 0 Å². The third kappa shape index (κ3) is 7.76. The van der Waals surface area contributed by atoms with Crippen molar-refractivity contribution < 1.29 is 5.11 Å². The molecule has 0 fully saturated rings. The van der Waals surface area contributed by atoms with Gasteiger partial charge in [0.05, 0.1) is 10.1 Å². The van der Waals surface area contributed by atoms with Crippen molar-refractivity contribution in [3.8, 4) is 5.75 Å². The van der Waals surface area contributed by atoms with Gasteiger partial charge in [0.25, 0.3) is 0 Å². The van der Waals surface area contributed by atoms with Crippen molar-refractivity contribution in [2.45, 2.75) is 6.92 Å². The largest absolute Gasteiger partial charge is 0.508 e. The van der Waals surface area contributed by atoms with Crippen LogP contribution in [0, 0.1) is 6.92 Å². The maximum absolute atomic E-state index is 9.52. The van der Waals surface area contributed by atoms with Crippen molar-refractivity contribution in [2.24, 2.45) is 0 Å². The molecule has 6 aromatic rings. The maximum Gasteiger partial charge on any atom is 0.115 e. The fourth-order valence-electron chi connectivity index (χ4n) is 4.86. The second-order valence-corrected chi connectivity index (χ2v) is 11.0. The summed E-state index contributed by atoms with van der Waals surface area (Å²) >= 11 is 13.5. The van der Waals surface area contributed by atoms with Crippen molar-refractivity contribution >= 4 is 44.4 Å². The van der Waals surface area contributed by atoms with Gasteiger partial charge in [0.1, 0.15) is 5.75 Å². The van der Waals surface area contributed by atoms with Crippen LogP contribution in [0.4, 0.5) is 0 Å². The molecule has 6 aromatic carbocycles. The van der Waals surface area contributed by atoms with Crippen molar-refractivity contribution in [3.63, 3.8) is 0 Å². The molecule has 0 spiro atoms. The van der Waals surface area contributed by atoms with Gasteiger partial charge in [-0.05, 0) is 52.4 Å². The van der Waals surface area contributed by atoms with E-state index in [9.17, 15) is 5.11 Å². The lowest BCUT2D eigenvalue weighted by Gasteiger charge is -2.12. The highest BCUT2D eigenvalue weighted by molar-refractivity contribution is 6.53. The summed E-state index contributed by atoms with van der Waals surface area (Å²) < 4.78 is 0. The standard InChI is InChI=1S/C21H17Cl.C20H15ClO/c1-16-12-14-18(15-13-16)20(17-8-4-2-5-9-17)21(22)19-10-6-3-7-11-19;21-20(17-9-5-2-6-10-17)19(15-7-3-1-4-8-15)16-11-13-18(22)14-12-16/h2-15H,1H3;1-14,22H/b21-20-;20-19-. The van der Waals surface area contributed by atoms with Crippen molar-refractivity contribution in [1.29, 1.82) is 0 Å². The Morgan fingerprint density at radius 2 is 0.636 bits per heavy atom. The van der Waals surface area contributed by atoms with Gasteiger partial charge < -0.3 is 5.11 Å². The highest BCUT2D eigenvalue weighted by Gasteiger charge is 2.13. The predicted octanol–water partition coefficient (Wildman–Crippen LogP) is 11.7. The molecule has 0 saturated heterocycles. The van der Waals surface area contributed by atoms with Crippen LogP contribution >= 0.6 is 23.2 Å². The molecule has 0 aliphatic carbocycles. The van der Waals surface area contributed by atoms with Gasteiger partial charge in [-0.25, -0.2) is 0 Å². The number of halogens is 2. The number of hydrogen-bond donors (Lipinski definition) is 1.